The Kier molecular flexibility index (Phi) is 4.02. The van der Waals surface area contributed by atoms with Crippen molar-refractivity contribution < 1.29 is 14.7 Å². The molecule has 0 aromatic heterocycles. The molecule has 0 aliphatic rings. The van der Waals surface area contributed by atoms with E-state index in [4.69, 9.17) is 10.8 Å². The lowest BCUT2D eigenvalue weighted by Crippen LogP contribution is -2.32. The Labute approximate surface area is 93.3 Å². The maximum atomic E-state index is 10.8. The van der Waals surface area contributed by atoms with Crippen LogP contribution in [-0.2, 0) is 16.0 Å². The molecular weight excluding hydrogens is 208 g/mol. The molecule has 0 aliphatic heterocycles. The maximum Gasteiger partial charge on any atom is 0.320 e. The summed E-state index contributed by atoms with van der Waals surface area (Å²) < 4.78 is 0. The first-order chi connectivity index (χ1) is 7.49. The Hall–Kier alpha value is -1.88. The minimum atomic E-state index is -1.02. The van der Waals surface area contributed by atoms with Crippen molar-refractivity contribution in [3.8, 4) is 0 Å². The predicted molar refractivity (Wildman–Crippen MR) is 60.1 cm³/mol. The molecule has 0 fully saturated rings. The fourth-order valence-electron chi connectivity index (χ4n) is 1.27. The molecule has 0 saturated heterocycles. The molecule has 1 amide bonds. The van der Waals surface area contributed by atoms with Crippen LogP contribution in [0.3, 0.4) is 0 Å². The van der Waals surface area contributed by atoms with Crippen molar-refractivity contribution in [2.45, 2.75) is 19.4 Å². The largest absolute Gasteiger partial charge is 0.480 e. The van der Waals surface area contributed by atoms with E-state index in [-0.39, 0.29) is 12.3 Å². The third-order valence-corrected chi connectivity index (χ3v) is 2.05. The standard InChI is InChI=1S/C11H14N2O3/c1-7(14)13-9-4-2-8(3-5-9)6-10(12)11(15)16/h2-5,10H,6,12H2,1H3,(H,13,14)(H,15,16). The number of carboxylic acids is 1. The summed E-state index contributed by atoms with van der Waals surface area (Å²) in [6.45, 7) is 1.42. The average Bonchev–Trinajstić information content (AvgIpc) is 2.20. The first-order valence-corrected chi connectivity index (χ1v) is 4.84. The Bertz CT molecular complexity index is 387. The van der Waals surface area contributed by atoms with E-state index in [2.05, 4.69) is 5.32 Å². The van der Waals surface area contributed by atoms with Gasteiger partial charge in [-0.3, -0.25) is 9.59 Å². The van der Waals surface area contributed by atoms with Gasteiger partial charge in [0.15, 0.2) is 0 Å². The Morgan fingerprint density at radius 3 is 2.38 bits per heavy atom. The van der Waals surface area contributed by atoms with Gasteiger partial charge in [-0.05, 0) is 24.1 Å². The van der Waals surface area contributed by atoms with E-state index >= 15 is 0 Å². The van der Waals surface area contributed by atoms with E-state index in [0.29, 0.717) is 5.69 Å². The number of anilines is 1. The van der Waals surface area contributed by atoms with Crippen LogP contribution in [0.4, 0.5) is 5.69 Å². The highest BCUT2D eigenvalue weighted by atomic mass is 16.4. The number of benzene rings is 1. The van der Waals surface area contributed by atoms with Crippen LogP contribution in [0, 0.1) is 0 Å². The summed E-state index contributed by atoms with van der Waals surface area (Å²) in [6.07, 6.45) is 0.273. The van der Waals surface area contributed by atoms with Crippen LogP contribution < -0.4 is 11.1 Å². The van der Waals surface area contributed by atoms with Gasteiger partial charge in [0.2, 0.25) is 5.91 Å². The lowest BCUT2D eigenvalue weighted by molar-refractivity contribution is -0.138. The number of carbonyl (C=O) groups is 2. The Balaban J connectivity index is 2.64. The van der Waals surface area contributed by atoms with Crippen molar-refractivity contribution in [1.29, 1.82) is 0 Å². The molecule has 0 saturated carbocycles. The van der Waals surface area contributed by atoms with Crippen LogP contribution in [0.5, 0.6) is 0 Å². The van der Waals surface area contributed by atoms with Crippen molar-refractivity contribution in [2.75, 3.05) is 5.32 Å². The summed E-state index contributed by atoms with van der Waals surface area (Å²) >= 11 is 0. The molecule has 86 valence electrons. The first kappa shape index (κ1) is 12.2. The number of rotatable bonds is 4. The zero-order chi connectivity index (χ0) is 12.1. The van der Waals surface area contributed by atoms with Crippen molar-refractivity contribution >= 4 is 17.6 Å². The molecule has 1 atom stereocenters. The predicted octanol–water partition coefficient (Wildman–Crippen LogP) is 0.599. The third-order valence-electron chi connectivity index (χ3n) is 2.05. The van der Waals surface area contributed by atoms with Gasteiger partial charge in [0.25, 0.3) is 0 Å². The normalized spacial score (nSPS) is 11.9. The van der Waals surface area contributed by atoms with E-state index in [0.717, 1.165) is 5.56 Å². The van der Waals surface area contributed by atoms with Crippen molar-refractivity contribution in [3.05, 3.63) is 29.8 Å². The molecule has 0 radical (unpaired) electrons. The van der Waals surface area contributed by atoms with E-state index in [1.165, 1.54) is 6.92 Å². The summed E-state index contributed by atoms with van der Waals surface area (Å²) in [5.74, 6) is -1.17. The minimum Gasteiger partial charge on any atom is -0.480 e. The Morgan fingerprint density at radius 2 is 1.94 bits per heavy atom. The van der Waals surface area contributed by atoms with E-state index in [9.17, 15) is 9.59 Å². The van der Waals surface area contributed by atoms with Gasteiger partial charge in [0.1, 0.15) is 6.04 Å². The number of hydrogen-bond donors (Lipinski definition) is 3. The van der Waals surface area contributed by atoms with Gasteiger partial charge >= 0.3 is 5.97 Å². The van der Waals surface area contributed by atoms with Gasteiger partial charge in [0, 0.05) is 12.6 Å². The molecule has 1 aromatic rings. The highest BCUT2D eigenvalue weighted by molar-refractivity contribution is 5.88. The van der Waals surface area contributed by atoms with Gasteiger partial charge in [-0.1, -0.05) is 12.1 Å². The molecule has 1 unspecified atom stereocenters. The average molecular weight is 222 g/mol. The van der Waals surface area contributed by atoms with E-state index < -0.39 is 12.0 Å². The summed E-state index contributed by atoms with van der Waals surface area (Å²) in [7, 11) is 0. The monoisotopic (exact) mass is 222 g/mol. The maximum absolute atomic E-state index is 10.8. The number of carbonyl (C=O) groups excluding carboxylic acids is 1. The smallest absolute Gasteiger partial charge is 0.320 e. The SMILES string of the molecule is CC(=O)Nc1ccc(CC(N)C(=O)O)cc1. The zero-order valence-corrected chi connectivity index (χ0v) is 8.93. The fourth-order valence-corrected chi connectivity index (χ4v) is 1.27. The van der Waals surface area contributed by atoms with Crippen LogP contribution in [0.25, 0.3) is 0 Å². The molecule has 0 heterocycles. The van der Waals surface area contributed by atoms with Gasteiger partial charge in [-0.15, -0.1) is 0 Å². The lowest BCUT2D eigenvalue weighted by Gasteiger charge is -2.07. The topological polar surface area (TPSA) is 92.4 Å². The minimum absolute atomic E-state index is 0.144. The molecule has 1 aromatic carbocycles. The number of nitrogens with two attached hydrogens (primary N) is 1. The molecule has 16 heavy (non-hydrogen) atoms. The summed E-state index contributed by atoms with van der Waals surface area (Å²) in [4.78, 5) is 21.3. The molecule has 1 rings (SSSR count). The third kappa shape index (κ3) is 3.70. The van der Waals surface area contributed by atoms with Gasteiger partial charge < -0.3 is 16.2 Å². The van der Waals surface area contributed by atoms with Crippen molar-refractivity contribution in [2.24, 2.45) is 5.73 Å². The Morgan fingerprint density at radius 1 is 1.38 bits per heavy atom. The van der Waals surface area contributed by atoms with Gasteiger partial charge in [-0.2, -0.15) is 0 Å². The highest BCUT2D eigenvalue weighted by Gasteiger charge is 2.11. The summed E-state index contributed by atoms with van der Waals surface area (Å²) in [6, 6.07) is 6.02. The van der Waals surface area contributed by atoms with E-state index in [1.54, 1.807) is 24.3 Å². The number of carboxylic acid groups (broad SMARTS) is 1. The number of aliphatic carboxylic acids is 1. The van der Waals surface area contributed by atoms with Gasteiger partial charge in [0.05, 0.1) is 0 Å². The second kappa shape index (κ2) is 5.27. The molecule has 5 heteroatoms. The zero-order valence-electron chi connectivity index (χ0n) is 8.93. The summed E-state index contributed by atoms with van der Waals surface area (Å²) in [5, 5.41) is 11.3. The van der Waals surface area contributed by atoms with E-state index in [1.807, 2.05) is 0 Å². The molecule has 0 spiro atoms. The van der Waals surface area contributed by atoms with Crippen molar-refractivity contribution in [3.63, 3.8) is 0 Å². The molecule has 5 nitrogen and oxygen atoms in total. The van der Waals surface area contributed by atoms with Gasteiger partial charge in [-0.25, -0.2) is 0 Å². The number of amides is 1. The second-order valence-electron chi connectivity index (χ2n) is 3.53. The van der Waals surface area contributed by atoms with Crippen LogP contribution in [0.1, 0.15) is 12.5 Å². The molecule has 4 N–H and O–H groups in total. The lowest BCUT2D eigenvalue weighted by atomic mass is 10.1. The first-order valence-electron chi connectivity index (χ1n) is 4.84. The molecular formula is C11H14N2O3. The van der Waals surface area contributed by atoms with Crippen molar-refractivity contribution in [1.82, 2.24) is 0 Å². The second-order valence-corrected chi connectivity index (χ2v) is 3.53. The van der Waals surface area contributed by atoms with Crippen LogP contribution in [0.2, 0.25) is 0 Å². The van der Waals surface area contributed by atoms with Crippen LogP contribution in [-0.4, -0.2) is 23.0 Å². The molecule has 0 bridgehead atoms. The highest BCUT2D eigenvalue weighted by Crippen LogP contribution is 2.10. The van der Waals surface area contributed by atoms with Crippen LogP contribution >= 0.6 is 0 Å². The number of hydrogen-bond acceptors (Lipinski definition) is 3. The fraction of sp³-hybridized carbons (Fsp3) is 0.273. The summed E-state index contributed by atoms with van der Waals surface area (Å²) in [5.41, 5.74) is 6.90. The number of nitrogens with one attached hydrogen (secondary N) is 1. The van der Waals surface area contributed by atoms with Crippen LogP contribution in [0.15, 0.2) is 24.3 Å². The molecule has 0 aliphatic carbocycles. The quantitative estimate of drug-likeness (QED) is 0.695.